The van der Waals surface area contributed by atoms with E-state index in [1.807, 2.05) is 32.0 Å². The minimum atomic E-state index is -1.30. The molecule has 0 amide bonds. The number of thioether (sulfide) groups is 1. The van der Waals surface area contributed by atoms with Crippen molar-refractivity contribution < 1.29 is 14.3 Å². The van der Waals surface area contributed by atoms with Gasteiger partial charge in [0.15, 0.2) is 0 Å². The summed E-state index contributed by atoms with van der Waals surface area (Å²) in [6, 6.07) is 11.5. The summed E-state index contributed by atoms with van der Waals surface area (Å²) in [6.45, 7) is 3.91. The van der Waals surface area contributed by atoms with Crippen molar-refractivity contribution in [1.82, 2.24) is 9.55 Å². The summed E-state index contributed by atoms with van der Waals surface area (Å²) in [5.41, 5.74) is -1.04. The van der Waals surface area contributed by atoms with Gasteiger partial charge in [-0.05, 0) is 43.7 Å². The van der Waals surface area contributed by atoms with E-state index in [0.717, 1.165) is 16.9 Å². The molecular weight excluding hydrogens is 475 g/mol. The predicted octanol–water partition coefficient (Wildman–Crippen LogP) is 5.26. The van der Waals surface area contributed by atoms with E-state index in [1.54, 1.807) is 12.1 Å². The molecule has 164 valence electrons. The van der Waals surface area contributed by atoms with Crippen LogP contribution in [0.5, 0.6) is 0 Å². The number of carbonyl (C=O) groups is 1. The van der Waals surface area contributed by atoms with Crippen molar-refractivity contribution in [3.05, 3.63) is 90.0 Å². The number of halogens is 2. The van der Waals surface area contributed by atoms with Gasteiger partial charge < -0.3 is 10.1 Å². The van der Waals surface area contributed by atoms with E-state index < -0.39 is 27.8 Å². The first-order chi connectivity index (χ1) is 15.1. The molecule has 0 aliphatic heterocycles. The van der Waals surface area contributed by atoms with E-state index in [0.29, 0.717) is 14.5 Å². The average Bonchev–Trinajstić information content (AvgIpc) is 3.14. The number of nitrogens with one attached hydrogen (secondary N) is 1. The minimum Gasteiger partial charge on any atom is -0.477 e. The highest BCUT2D eigenvalue weighted by Gasteiger charge is 2.26. The van der Waals surface area contributed by atoms with E-state index >= 15 is 0 Å². The molecule has 0 aliphatic rings. The Kier molecular flexibility index (Phi) is 5.74. The van der Waals surface area contributed by atoms with Gasteiger partial charge in [-0.25, -0.2) is 18.5 Å². The van der Waals surface area contributed by atoms with Gasteiger partial charge in [0.25, 0.3) is 5.56 Å². The number of aromatic nitrogens is 2. The van der Waals surface area contributed by atoms with Gasteiger partial charge in [0.2, 0.25) is 0 Å². The number of fused-ring (bicyclic) bond motifs is 1. The summed E-state index contributed by atoms with van der Waals surface area (Å²) in [5.74, 6) is -2.09. The number of rotatable bonds is 5. The molecule has 0 bridgehead atoms. The van der Waals surface area contributed by atoms with Crippen molar-refractivity contribution in [2.75, 3.05) is 0 Å². The summed E-state index contributed by atoms with van der Waals surface area (Å²) in [7, 11) is 0. The van der Waals surface area contributed by atoms with Gasteiger partial charge in [-0.2, -0.15) is 0 Å². The van der Waals surface area contributed by atoms with Crippen molar-refractivity contribution >= 4 is 51.6 Å². The molecule has 2 N–H and O–H groups in total. The summed E-state index contributed by atoms with van der Waals surface area (Å²) < 4.78 is 14.9. The Morgan fingerprint density at radius 1 is 1.22 bits per heavy atom. The third-order valence-electron chi connectivity index (χ3n) is 4.90. The number of aromatic carboxylic acids is 1. The van der Waals surface area contributed by atoms with Crippen molar-refractivity contribution in [3.63, 3.8) is 0 Å². The van der Waals surface area contributed by atoms with Crippen LogP contribution in [0.15, 0.2) is 62.3 Å². The summed E-state index contributed by atoms with van der Waals surface area (Å²) in [4.78, 5) is 40.0. The monoisotopic (exact) mass is 490 g/mol. The molecule has 32 heavy (non-hydrogen) atoms. The first-order valence-electron chi connectivity index (χ1n) is 9.34. The Bertz CT molecular complexity index is 1490. The zero-order valence-corrected chi connectivity index (χ0v) is 19.2. The van der Waals surface area contributed by atoms with Gasteiger partial charge in [-0.1, -0.05) is 29.8 Å². The molecule has 4 rings (SSSR count). The van der Waals surface area contributed by atoms with Crippen LogP contribution in [0.2, 0.25) is 5.02 Å². The lowest BCUT2D eigenvalue weighted by Gasteiger charge is -2.26. The maximum atomic E-state index is 14.8. The second-order valence-corrected chi connectivity index (χ2v) is 10.4. The van der Waals surface area contributed by atoms with E-state index in [-0.39, 0.29) is 21.5 Å². The molecule has 2 aromatic heterocycles. The van der Waals surface area contributed by atoms with Crippen LogP contribution in [-0.2, 0) is 4.75 Å². The largest absolute Gasteiger partial charge is 0.477 e. The molecule has 0 saturated heterocycles. The summed E-state index contributed by atoms with van der Waals surface area (Å²) >= 11 is 8.55. The molecule has 0 aliphatic carbocycles. The molecule has 0 spiro atoms. The molecule has 0 unspecified atom stereocenters. The molecule has 2 aromatic carbocycles. The quantitative estimate of drug-likeness (QED) is 0.372. The third kappa shape index (κ3) is 3.87. The maximum Gasteiger partial charge on any atom is 0.346 e. The van der Waals surface area contributed by atoms with E-state index in [1.165, 1.54) is 29.3 Å². The van der Waals surface area contributed by atoms with Crippen LogP contribution in [0, 0.1) is 5.82 Å². The van der Waals surface area contributed by atoms with Crippen LogP contribution in [-0.4, -0.2) is 20.6 Å². The summed E-state index contributed by atoms with van der Waals surface area (Å²) in [6.07, 6.45) is 0. The van der Waals surface area contributed by atoms with Gasteiger partial charge in [-0.15, -0.1) is 23.1 Å². The Morgan fingerprint density at radius 2 is 1.94 bits per heavy atom. The number of hydrogen-bond donors (Lipinski definition) is 2. The number of H-pyrrole nitrogens is 1. The van der Waals surface area contributed by atoms with Gasteiger partial charge in [-0.3, -0.25) is 4.79 Å². The van der Waals surface area contributed by atoms with Gasteiger partial charge in [0, 0.05) is 20.0 Å². The van der Waals surface area contributed by atoms with Crippen LogP contribution in [0.3, 0.4) is 0 Å². The Hall–Kier alpha value is -2.88. The molecule has 4 aromatic rings. The number of benzene rings is 2. The highest BCUT2D eigenvalue weighted by molar-refractivity contribution is 8.00. The van der Waals surface area contributed by atoms with Gasteiger partial charge in [0.1, 0.15) is 10.7 Å². The van der Waals surface area contributed by atoms with Crippen LogP contribution in [0.1, 0.15) is 29.1 Å². The highest BCUT2D eigenvalue weighted by atomic mass is 35.5. The SMILES string of the molecule is CC(C)(Sc1ccc(F)c(-n2c(=O)[nH]c3csc(C(=O)O)c3c2=O)c1)c1ccccc1Cl. The van der Waals surface area contributed by atoms with Crippen molar-refractivity contribution in [2.24, 2.45) is 0 Å². The number of carboxylic acids is 1. The molecule has 0 saturated carbocycles. The lowest BCUT2D eigenvalue weighted by molar-refractivity contribution is 0.0704. The molecular formula is C22H16ClFN2O4S2. The first-order valence-corrected chi connectivity index (χ1v) is 11.4. The molecule has 0 atom stereocenters. The molecule has 0 radical (unpaired) electrons. The fourth-order valence-electron chi connectivity index (χ4n) is 3.44. The maximum absolute atomic E-state index is 14.8. The van der Waals surface area contributed by atoms with Crippen molar-refractivity contribution in [3.8, 4) is 5.69 Å². The summed E-state index contributed by atoms with van der Waals surface area (Å²) in [5, 5.41) is 11.2. The Labute approximate surface area is 194 Å². The normalized spacial score (nSPS) is 11.8. The standard InChI is InChI=1S/C22H16ClFN2O4S2/c1-22(2,12-5-3-4-6-13(12)23)32-11-7-8-14(24)16(9-11)26-19(27)17-15(25-21(26)30)10-31-18(17)20(28)29/h3-10H,1-2H3,(H,25,30)(H,28,29). The number of hydrogen-bond acceptors (Lipinski definition) is 5. The fourth-order valence-corrected chi connectivity index (χ4v) is 5.88. The van der Waals surface area contributed by atoms with Crippen LogP contribution < -0.4 is 11.2 Å². The second kappa shape index (κ2) is 8.23. The predicted molar refractivity (Wildman–Crippen MR) is 125 cm³/mol. The zero-order chi connectivity index (χ0) is 23.2. The topological polar surface area (TPSA) is 92.2 Å². The Balaban J connectivity index is 1.86. The number of carboxylic acid groups (broad SMARTS) is 1. The Morgan fingerprint density at radius 3 is 2.62 bits per heavy atom. The fraction of sp³-hybridized carbons (Fsp3) is 0.136. The first kappa shape index (κ1) is 22.3. The second-order valence-electron chi connectivity index (χ2n) is 7.43. The third-order valence-corrected chi connectivity index (χ3v) is 7.42. The van der Waals surface area contributed by atoms with Gasteiger partial charge >= 0.3 is 11.7 Å². The lowest BCUT2D eigenvalue weighted by atomic mass is 10.0. The van der Waals surface area contributed by atoms with Gasteiger partial charge in [0.05, 0.1) is 16.6 Å². The lowest BCUT2D eigenvalue weighted by Crippen LogP contribution is -2.34. The average molecular weight is 491 g/mol. The van der Waals surface area contributed by atoms with Crippen molar-refractivity contribution in [1.29, 1.82) is 0 Å². The van der Waals surface area contributed by atoms with Crippen molar-refractivity contribution in [2.45, 2.75) is 23.5 Å². The molecule has 10 heteroatoms. The van der Waals surface area contributed by atoms with Crippen LogP contribution >= 0.6 is 34.7 Å². The smallest absolute Gasteiger partial charge is 0.346 e. The zero-order valence-electron chi connectivity index (χ0n) is 16.8. The minimum absolute atomic E-state index is 0.101. The van der Waals surface area contributed by atoms with E-state index in [9.17, 15) is 23.9 Å². The van der Waals surface area contributed by atoms with E-state index in [4.69, 9.17) is 11.6 Å². The molecule has 6 nitrogen and oxygen atoms in total. The van der Waals surface area contributed by atoms with Crippen LogP contribution in [0.4, 0.5) is 4.39 Å². The number of nitrogens with zero attached hydrogens (tertiary/aromatic N) is 1. The highest BCUT2D eigenvalue weighted by Crippen LogP contribution is 2.43. The number of aromatic amines is 1. The van der Waals surface area contributed by atoms with Crippen LogP contribution in [0.25, 0.3) is 16.6 Å². The van der Waals surface area contributed by atoms with E-state index in [2.05, 4.69) is 4.98 Å². The number of thiophene rings is 1. The molecule has 0 fully saturated rings. The molecule has 2 heterocycles.